The maximum absolute atomic E-state index is 13.1. The van der Waals surface area contributed by atoms with Crippen LogP contribution in [-0.2, 0) is 4.79 Å². The molecule has 4 unspecified atom stereocenters. The summed E-state index contributed by atoms with van der Waals surface area (Å²) in [7, 11) is 3.86. The van der Waals surface area contributed by atoms with Crippen LogP contribution in [0.25, 0.3) is 0 Å². The number of rotatable bonds is 1. The van der Waals surface area contributed by atoms with Gasteiger partial charge >= 0.3 is 0 Å². The van der Waals surface area contributed by atoms with Gasteiger partial charge in [-0.2, -0.15) is 0 Å². The highest BCUT2D eigenvalue weighted by molar-refractivity contribution is 6.30. The highest BCUT2D eigenvalue weighted by atomic mass is 35.5. The molecule has 0 aromatic carbocycles. The Morgan fingerprint density at radius 2 is 2.09 bits per heavy atom. The molecular weight excluding hydrogens is 300 g/mol. The number of carbonyl (C=O) groups is 1. The molecule has 0 aromatic rings. The minimum atomic E-state index is -0.285. The molecule has 0 saturated heterocycles. The number of hydrazine groups is 1. The number of carbonyl (C=O) groups excluding carboxylic acids is 1. The Morgan fingerprint density at radius 1 is 1.32 bits per heavy atom. The fourth-order valence-electron chi connectivity index (χ4n) is 3.93. The number of halogens is 1. The maximum Gasteiger partial charge on any atom is 0.183 e. The van der Waals surface area contributed by atoms with E-state index in [9.17, 15) is 4.79 Å². The Bertz CT molecular complexity index is 649. The minimum Gasteiger partial charge on any atom is -0.381 e. The van der Waals surface area contributed by atoms with Gasteiger partial charge in [-0.25, -0.2) is 5.01 Å². The SMILES string of the molecule is CN(C)N1C=C(Cl)CC2=C3NC=CC4C=CNC(C(=O)C21)C34. The number of hydrogen-bond donors (Lipinski definition) is 2. The van der Waals surface area contributed by atoms with Crippen LogP contribution in [0.2, 0.25) is 0 Å². The van der Waals surface area contributed by atoms with Gasteiger partial charge < -0.3 is 10.6 Å². The van der Waals surface area contributed by atoms with Crippen molar-refractivity contribution < 1.29 is 4.79 Å². The average molecular weight is 319 g/mol. The first-order valence-electron chi connectivity index (χ1n) is 7.52. The molecular formula is C16H19ClN4O. The molecule has 4 atom stereocenters. The van der Waals surface area contributed by atoms with Gasteiger partial charge in [0.1, 0.15) is 6.04 Å². The molecule has 4 rings (SSSR count). The minimum absolute atomic E-state index is 0.139. The number of fused-ring (bicyclic) bond motifs is 1. The predicted octanol–water partition coefficient (Wildman–Crippen LogP) is 1.29. The van der Waals surface area contributed by atoms with E-state index in [0.29, 0.717) is 6.42 Å². The zero-order chi connectivity index (χ0) is 15.4. The molecule has 2 N–H and O–H groups in total. The summed E-state index contributed by atoms with van der Waals surface area (Å²) in [6.07, 6.45) is 10.6. The van der Waals surface area contributed by atoms with Crippen molar-refractivity contribution in [2.45, 2.75) is 18.5 Å². The van der Waals surface area contributed by atoms with Gasteiger partial charge in [0.25, 0.3) is 0 Å². The lowest BCUT2D eigenvalue weighted by Crippen LogP contribution is -2.62. The van der Waals surface area contributed by atoms with Crippen molar-refractivity contribution in [3.63, 3.8) is 0 Å². The number of nitrogens with zero attached hydrogens (tertiary/aromatic N) is 2. The summed E-state index contributed by atoms with van der Waals surface area (Å²) in [5, 5.41) is 11.3. The lowest BCUT2D eigenvalue weighted by atomic mass is 9.69. The van der Waals surface area contributed by atoms with E-state index in [1.807, 2.05) is 42.7 Å². The van der Waals surface area contributed by atoms with Crippen LogP contribution in [-0.4, -0.2) is 42.0 Å². The molecule has 5 nitrogen and oxygen atoms in total. The van der Waals surface area contributed by atoms with E-state index >= 15 is 0 Å². The van der Waals surface area contributed by atoms with Gasteiger partial charge in [-0.3, -0.25) is 9.80 Å². The third kappa shape index (κ3) is 1.85. The number of Topliss-reactive ketones (excluding diaryl/α,β-unsaturated/α-hetero) is 1. The fraction of sp³-hybridized carbons (Fsp3) is 0.438. The average Bonchev–Trinajstić information content (AvgIpc) is 2.51. The molecule has 3 heterocycles. The number of nitrogens with one attached hydrogen (secondary N) is 2. The molecule has 0 fully saturated rings. The van der Waals surface area contributed by atoms with Crippen molar-refractivity contribution >= 4 is 17.4 Å². The molecule has 6 heteroatoms. The molecule has 0 saturated carbocycles. The lowest BCUT2D eigenvalue weighted by molar-refractivity contribution is -0.131. The van der Waals surface area contributed by atoms with Crippen LogP contribution < -0.4 is 10.6 Å². The molecule has 4 aliphatic rings. The first-order valence-corrected chi connectivity index (χ1v) is 7.90. The Kier molecular flexibility index (Phi) is 3.09. The Balaban J connectivity index is 1.88. The van der Waals surface area contributed by atoms with Crippen LogP contribution >= 0.6 is 11.6 Å². The summed E-state index contributed by atoms with van der Waals surface area (Å²) in [4.78, 5) is 13.1. The van der Waals surface area contributed by atoms with Crippen LogP contribution in [0.1, 0.15) is 6.42 Å². The van der Waals surface area contributed by atoms with Gasteiger partial charge in [-0.15, -0.1) is 0 Å². The zero-order valence-electron chi connectivity index (χ0n) is 12.6. The normalized spacial score (nSPS) is 35.7. The highest BCUT2D eigenvalue weighted by Crippen LogP contribution is 2.43. The summed E-state index contributed by atoms with van der Waals surface area (Å²) in [6, 6.07) is -0.476. The van der Waals surface area contributed by atoms with E-state index < -0.39 is 0 Å². The van der Waals surface area contributed by atoms with Gasteiger partial charge in [0.05, 0.1) is 6.04 Å². The van der Waals surface area contributed by atoms with E-state index in [1.165, 1.54) is 0 Å². The van der Waals surface area contributed by atoms with E-state index in [1.54, 1.807) is 0 Å². The fourth-order valence-corrected chi connectivity index (χ4v) is 4.18. The first kappa shape index (κ1) is 13.9. The maximum atomic E-state index is 13.1. The van der Waals surface area contributed by atoms with Gasteiger partial charge in [0.2, 0.25) is 0 Å². The van der Waals surface area contributed by atoms with Crippen molar-refractivity contribution in [3.8, 4) is 0 Å². The molecule has 0 radical (unpaired) electrons. The van der Waals surface area contributed by atoms with Crippen molar-refractivity contribution in [2.75, 3.05) is 14.1 Å². The number of ketones is 1. The molecule has 116 valence electrons. The topological polar surface area (TPSA) is 47.6 Å². The number of hydrogen-bond acceptors (Lipinski definition) is 5. The van der Waals surface area contributed by atoms with Crippen LogP contribution in [0, 0.1) is 11.8 Å². The molecule has 0 spiro atoms. The van der Waals surface area contributed by atoms with Crippen molar-refractivity contribution in [2.24, 2.45) is 11.8 Å². The lowest BCUT2D eigenvalue weighted by Gasteiger charge is -2.49. The van der Waals surface area contributed by atoms with E-state index in [2.05, 4.69) is 22.8 Å². The van der Waals surface area contributed by atoms with Gasteiger partial charge in [0, 0.05) is 49.3 Å². The summed E-state index contributed by atoms with van der Waals surface area (Å²) in [5.41, 5.74) is 2.25. The summed E-state index contributed by atoms with van der Waals surface area (Å²) < 4.78 is 0. The van der Waals surface area contributed by atoms with Crippen molar-refractivity contribution in [1.29, 1.82) is 0 Å². The molecule has 1 aliphatic carbocycles. The van der Waals surface area contributed by atoms with Crippen molar-refractivity contribution in [1.82, 2.24) is 20.7 Å². The smallest absolute Gasteiger partial charge is 0.183 e. The second kappa shape index (κ2) is 4.89. The molecule has 0 amide bonds. The molecule has 22 heavy (non-hydrogen) atoms. The summed E-state index contributed by atoms with van der Waals surface area (Å²) in [6.45, 7) is 0. The zero-order valence-corrected chi connectivity index (χ0v) is 13.3. The second-order valence-electron chi connectivity index (χ2n) is 6.33. The van der Waals surface area contributed by atoms with E-state index in [4.69, 9.17) is 11.6 Å². The van der Waals surface area contributed by atoms with Crippen molar-refractivity contribution in [3.05, 3.63) is 47.1 Å². The Hall–Kier alpha value is -1.72. The standard InChI is InChI=1S/C16H19ClN4O/c1-20(2)21-8-10(17)7-11-13-12-9(3-5-18-13)4-6-19-14(12)16(22)15(11)21/h3-6,8-9,12,14-15,18-19H,7H2,1-2H3. The van der Waals surface area contributed by atoms with Gasteiger partial charge in [-0.1, -0.05) is 23.8 Å². The first-order chi connectivity index (χ1) is 10.6. The van der Waals surface area contributed by atoms with Crippen LogP contribution in [0.5, 0.6) is 0 Å². The van der Waals surface area contributed by atoms with Crippen LogP contribution in [0.15, 0.2) is 47.1 Å². The Morgan fingerprint density at radius 3 is 2.86 bits per heavy atom. The molecule has 0 bridgehead atoms. The van der Waals surface area contributed by atoms with E-state index in [-0.39, 0.29) is 29.7 Å². The van der Waals surface area contributed by atoms with Gasteiger partial charge in [0.15, 0.2) is 5.78 Å². The van der Waals surface area contributed by atoms with E-state index in [0.717, 1.165) is 16.3 Å². The summed E-state index contributed by atoms with van der Waals surface area (Å²) in [5.74, 6) is 0.613. The highest BCUT2D eigenvalue weighted by Gasteiger charge is 2.50. The molecule has 3 aliphatic heterocycles. The predicted molar refractivity (Wildman–Crippen MR) is 85.2 cm³/mol. The third-order valence-corrected chi connectivity index (χ3v) is 5.10. The van der Waals surface area contributed by atoms with Crippen LogP contribution in [0.3, 0.4) is 0 Å². The monoisotopic (exact) mass is 318 g/mol. The molecule has 0 aromatic heterocycles. The van der Waals surface area contributed by atoms with Gasteiger partial charge in [-0.05, 0) is 18.0 Å². The largest absolute Gasteiger partial charge is 0.381 e. The second-order valence-corrected chi connectivity index (χ2v) is 6.82. The number of allylic oxidation sites excluding steroid dienone is 3. The third-order valence-electron chi connectivity index (χ3n) is 4.87. The quantitative estimate of drug-likeness (QED) is 0.763. The van der Waals surface area contributed by atoms with Crippen LogP contribution in [0.4, 0.5) is 0 Å². The Labute approximate surface area is 134 Å². The summed E-state index contributed by atoms with van der Waals surface area (Å²) >= 11 is 6.35.